The number of nitrogens with one attached hydrogen (secondary N) is 3. The van der Waals surface area contributed by atoms with E-state index in [2.05, 4.69) is 16.1 Å². The van der Waals surface area contributed by atoms with Crippen LogP contribution in [-0.2, 0) is 16.0 Å². The zero-order valence-electron chi connectivity index (χ0n) is 19.1. The summed E-state index contributed by atoms with van der Waals surface area (Å²) in [5.41, 5.74) is 3.19. The van der Waals surface area contributed by atoms with Crippen LogP contribution in [0.1, 0.15) is 31.7 Å². The van der Waals surface area contributed by atoms with Gasteiger partial charge in [0.05, 0.1) is 0 Å². The highest BCUT2D eigenvalue weighted by Crippen LogP contribution is 2.24. The van der Waals surface area contributed by atoms with E-state index >= 15 is 0 Å². The number of benzene rings is 2. The fourth-order valence-corrected chi connectivity index (χ4v) is 4.26. The van der Waals surface area contributed by atoms with Crippen LogP contribution in [0.3, 0.4) is 0 Å². The minimum absolute atomic E-state index is 0.215. The predicted molar refractivity (Wildman–Crippen MR) is 126 cm³/mol. The maximum absolute atomic E-state index is 13.0. The molecule has 2 aliphatic rings. The number of carbonyl (C=O) groups excluding carboxylic acids is 4. The van der Waals surface area contributed by atoms with Gasteiger partial charge in [-0.25, -0.2) is 9.59 Å². The first-order valence-corrected chi connectivity index (χ1v) is 11.5. The molecule has 0 saturated carbocycles. The lowest BCUT2D eigenvalue weighted by Gasteiger charge is -2.32. The van der Waals surface area contributed by atoms with Gasteiger partial charge < -0.3 is 15.5 Å². The molecule has 6 amide bonds. The topological polar surface area (TPSA) is 111 Å². The number of nitrogens with zero attached hydrogens (tertiary/aromatic N) is 2. The van der Waals surface area contributed by atoms with Crippen molar-refractivity contribution in [2.45, 2.75) is 38.1 Å². The van der Waals surface area contributed by atoms with Crippen LogP contribution >= 0.6 is 0 Å². The van der Waals surface area contributed by atoms with Gasteiger partial charge in [0.1, 0.15) is 5.54 Å². The molecule has 1 atom stereocenters. The monoisotopic (exact) mass is 463 g/mol. The molecular weight excluding hydrogens is 434 g/mol. The van der Waals surface area contributed by atoms with Gasteiger partial charge in [-0.3, -0.25) is 15.0 Å². The van der Waals surface area contributed by atoms with Crippen molar-refractivity contribution in [3.05, 3.63) is 66.2 Å². The molecule has 9 heteroatoms. The lowest BCUT2D eigenvalue weighted by Crippen LogP contribution is -2.52. The van der Waals surface area contributed by atoms with E-state index in [0.717, 1.165) is 10.6 Å². The van der Waals surface area contributed by atoms with Gasteiger partial charge in [-0.2, -0.15) is 5.01 Å². The second-order valence-corrected chi connectivity index (χ2v) is 8.92. The SMILES string of the molecule is C[C@]1(CCc2ccccc2)NC(=O)N(NC(=O)C2CCN(C(=O)Nc3ccccc3)CC2)C1=O. The fourth-order valence-electron chi connectivity index (χ4n) is 4.26. The molecule has 0 spiro atoms. The second-order valence-electron chi connectivity index (χ2n) is 8.92. The molecule has 2 fully saturated rings. The Labute approximate surface area is 198 Å². The first-order valence-electron chi connectivity index (χ1n) is 11.5. The van der Waals surface area contributed by atoms with E-state index in [-0.39, 0.29) is 11.9 Å². The normalized spacial score (nSPS) is 20.7. The maximum Gasteiger partial charge on any atom is 0.344 e. The smallest absolute Gasteiger partial charge is 0.324 e. The van der Waals surface area contributed by atoms with Crippen molar-refractivity contribution >= 4 is 29.6 Å². The first-order chi connectivity index (χ1) is 16.4. The number of urea groups is 2. The molecule has 0 aromatic heterocycles. The van der Waals surface area contributed by atoms with Crippen molar-refractivity contribution in [1.29, 1.82) is 0 Å². The van der Waals surface area contributed by atoms with E-state index in [0.29, 0.717) is 44.5 Å². The molecule has 2 aliphatic heterocycles. The minimum Gasteiger partial charge on any atom is -0.324 e. The van der Waals surface area contributed by atoms with Crippen LogP contribution in [0.5, 0.6) is 0 Å². The Morgan fingerprint density at radius 1 is 1.00 bits per heavy atom. The highest BCUT2D eigenvalue weighted by Gasteiger charge is 2.48. The maximum atomic E-state index is 13.0. The molecule has 2 aromatic carbocycles. The number of piperidine rings is 1. The van der Waals surface area contributed by atoms with Crippen LogP contribution in [0.2, 0.25) is 0 Å². The number of carbonyl (C=O) groups is 4. The Bertz CT molecular complexity index is 1050. The van der Waals surface area contributed by atoms with E-state index in [9.17, 15) is 19.2 Å². The molecule has 4 rings (SSSR count). The van der Waals surface area contributed by atoms with Gasteiger partial charge in [0.25, 0.3) is 5.91 Å². The van der Waals surface area contributed by atoms with Gasteiger partial charge in [0.15, 0.2) is 0 Å². The molecule has 34 heavy (non-hydrogen) atoms. The molecule has 0 radical (unpaired) electrons. The molecule has 2 saturated heterocycles. The Morgan fingerprint density at radius 2 is 1.62 bits per heavy atom. The van der Waals surface area contributed by atoms with E-state index < -0.39 is 23.4 Å². The number of hydrazine groups is 1. The number of rotatable bonds is 6. The summed E-state index contributed by atoms with van der Waals surface area (Å²) in [5.74, 6) is -1.25. The summed E-state index contributed by atoms with van der Waals surface area (Å²) in [6.45, 7) is 2.49. The lowest BCUT2D eigenvalue weighted by atomic mass is 9.93. The van der Waals surface area contributed by atoms with Crippen molar-refractivity contribution in [1.82, 2.24) is 20.7 Å². The Hall–Kier alpha value is -3.88. The highest BCUT2D eigenvalue weighted by atomic mass is 16.2. The van der Waals surface area contributed by atoms with Gasteiger partial charge in [-0.05, 0) is 50.3 Å². The molecular formula is C25H29N5O4. The standard InChI is InChI=1S/C25H29N5O4/c1-25(15-12-18-8-4-2-5-9-18)22(32)30(24(34)27-25)28-21(31)19-13-16-29(17-14-19)23(33)26-20-10-6-3-7-11-20/h2-11,19H,12-17H2,1H3,(H,26,33)(H,27,34)(H,28,31)/t25-/m1/s1. The summed E-state index contributed by atoms with van der Waals surface area (Å²) in [7, 11) is 0. The quantitative estimate of drug-likeness (QED) is 0.572. The van der Waals surface area contributed by atoms with Crippen molar-refractivity contribution < 1.29 is 19.2 Å². The molecule has 2 heterocycles. The summed E-state index contributed by atoms with van der Waals surface area (Å²) in [5, 5.41) is 6.35. The molecule has 178 valence electrons. The van der Waals surface area contributed by atoms with E-state index in [1.54, 1.807) is 11.8 Å². The third-order valence-electron chi connectivity index (χ3n) is 6.42. The van der Waals surface area contributed by atoms with Gasteiger partial charge in [0, 0.05) is 24.7 Å². The van der Waals surface area contributed by atoms with Crippen molar-refractivity contribution in [3.8, 4) is 0 Å². The van der Waals surface area contributed by atoms with Crippen LogP contribution in [0.4, 0.5) is 15.3 Å². The number of hydrogen-bond acceptors (Lipinski definition) is 4. The van der Waals surface area contributed by atoms with Crippen molar-refractivity contribution in [2.24, 2.45) is 5.92 Å². The summed E-state index contributed by atoms with van der Waals surface area (Å²) >= 11 is 0. The van der Waals surface area contributed by atoms with E-state index in [1.807, 2.05) is 60.7 Å². The van der Waals surface area contributed by atoms with Crippen LogP contribution in [0, 0.1) is 5.92 Å². The van der Waals surface area contributed by atoms with Gasteiger partial charge in [-0.15, -0.1) is 0 Å². The molecule has 0 aliphatic carbocycles. The number of aryl methyl sites for hydroxylation is 1. The summed E-state index contributed by atoms with van der Waals surface area (Å²) in [6, 6.07) is 18.0. The summed E-state index contributed by atoms with van der Waals surface area (Å²) < 4.78 is 0. The lowest BCUT2D eigenvalue weighted by molar-refractivity contribution is -0.141. The predicted octanol–water partition coefficient (Wildman–Crippen LogP) is 2.91. The highest BCUT2D eigenvalue weighted by molar-refractivity contribution is 6.07. The third kappa shape index (κ3) is 5.19. The first kappa shape index (κ1) is 23.3. The Kier molecular flexibility index (Phi) is 6.81. The number of hydrogen-bond donors (Lipinski definition) is 3. The van der Waals surface area contributed by atoms with Gasteiger partial charge in [-0.1, -0.05) is 48.5 Å². The number of para-hydroxylation sites is 1. The van der Waals surface area contributed by atoms with Crippen LogP contribution in [0.15, 0.2) is 60.7 Å². The second kappa shape index (κ2) is 9.94. The Balaban J connectivity index is 1.27. The summed E-state index contributed by atoms with van der Waals surface area (Å²) in [6.07, 6.45) is 1.93. The van der Waals surface area contributed by atoms with Crippen molar-refractivity contribution in [2.75, 3.05) is 18.4 Å². The van der Waals surface area contributed by atoms with E-state index in [4.69, 9.17) is 0 Å². The number of imide groups is 1. The summed E-state index contributed by atoms with van der Waals surface area (Å²) in [4.78, 5) is 52.3. The molecule has 2 aromatic rings. The average molecular weight is 464 g/mol. The van der Waals surface area contributed by atoms with Gasteiger partial charge in [0.2, 0.25) is 5.91 Å². The van der Waals surface area contributed by atoms with E-state index in [1.165, 1.54) is 0 Å². The average Bonchev–Trinajstić information content (AvgIpc) is 3.07. The Morgan fingerprint density at radius 3 is 2.26 bits per heavy atom. The zero-order chi connectivity index (χ0) is 24.1. The number of likely N-dealkylation sites (tertiary alicyclic amines) is 1. The molecule has 0 unspecified atom stereocenters. The number of amides is 6. The number of anilines is 1. The third-order valence-corrected chi connectivity index (χ3v) is 6.42. The van der Waals surface area contributed by atoms with Crippen LogP contribution in [-0.4, -0.2) is 52.4 Å². The molecule has 0 bridgehead atoms. The van der Waals surface area contributed by atoms with Crippen molar-refractivity contribution in [3.63, 3.8) is 0 Å². The zero-order valence-corrected chi connectivity index (χ0v) is 19.1. The fraction of sp³-hybridized carbons (Fsp3) is 0.360. The van der Waals surface area contributed by atoms with Crippen LogP contribution in [0.25, 0.3) is 0 Å². The largest absolute Gasteiger partial charge is 0.344 e. The van der Waals surface area contributed by atoms with Gasteiger partial charge >= 0.3 is 12.1 Å². The molecule has 3 N–H and O–H groups in total. The van der Waals surface area contributed by atoms with Crippen LogP contribution < -0.4 is 16.1 Å². The molecule has 9 nitrogen and oxygen atoms in total. The minimum atomic E-state index is -1.08.